The predicted molar refractivity (Wildman–Crippen MR) is 113 cm³/mol. The van der Waals surface area contributed by atoms with Gasteiger partial charge in [0.05, 0.1) is 17.6 Å². The molecule has 0 saturated heterocycles. The molecule has 0 amide bonds. The van der Waals surface area contributed by atoms with Crippen LogP contribution in [-0.4, -0.2) is 35.6 Å². The molecule has 0 aliphatic heterocycles. The minimum absolute atomic E-state index is 0.0116. The largest absolute Gasteiger partial charge is 0.357 e. The molecule has 2 aromatic carbocycles. The number of aromatic nitrogens is 2. The van der Waals surface area contributed by atoms with E-state index in [1.54, 1.807) is 0 Å². The number of nitrogens with zero attached hydrogens (tertiary/aromatic N) is 2. The molecule has 142 valence electrons. The number of hydrogen-bond acceptors (Lipinski definition) is 2. The summed E-state index contributed by atoms with van der Waals surface area (Å²) in [5.74, 6) is 1.83. The number of fused-ring (bicyclic) bond motifs is 1. The van der Waals surface area contributed by atoms with Crippen LogP contribution in [0.1, 0.15) is 32.2 Å². The molecule has 3 aromatic rings. The van der Waals surface area contributed by atoms with E-state index in [-0.39, 0.29) is 5.41 Å². The Balaban J connectivity index is 1.58. The SMILES string of the molecule is CCNC(=NCC(C)(C)c1ccccc1)NCCc1nc2ccccc2[nH]1. The van der Waals surface area contributed by atoms with Gasteiger partial charge in [0.2, 0.25) is 0 Å². The first-order valence-electron chi connectivity index (χ1n) is 9.60. The van der Waals surface area contributed by atoms with Crippen LogP contribution in [0.4, 0.5) is 0 Å². The highest BCUT2D eigenvalue weighted by atomic mass is 15.2. The number of hydrogen-bond donors (Lipinski definition) is 3. The van der Waals surface area contributed by atoms with Crippen LogP contribution < -0.4 is 10.6 Å². The molecular formula is C22H29N5. The maximum Gasteiger partial charge on any atom is 0.191 e. The van der Waals surface area contributed by atoms with Crippen molar-refractivity contribution in [3.63, 3.8) is 0 Å². The van der Waals surface area contributed by atoms with Gasteiger partial charge in [-0.15, -0.1) is 0 Å². The molecule has 1 aromatic heterocycles. The molecule has 0 atom stereocenters. The number of nitrogens with one attached hydrogen (secondary N) is 3. The number of benzene rings is 2. The van der Waals surface area contributed by atoms with E-state index in [1.165, 1.54) is 5.56 Å². The van der Waals surface area contributed by atoms with Gasteiger partial charge in [-0.05, 0) is 24.6 Å². The molecule has 0 unspecified atom stereocenters. The molecule has 3 N–H and O–H groups in total. The predicted octanol–water partition coefficient (Wildman–Crippen LogP) is 3.64. The van der Waals surface area contributed by atoms with Crippen molar-refractivity contribution in [1.82, 2.24) is 20.6 Å². The van der Waals surface area contributed by atoms with Crippen molar-refractivity contribution >= 4 is 17.0 Å². The van der Waals surface area contributed by atoms with Crippen molar-refractivity contribution in [3.8, 4) is 0 Å². The smallest absolute Gasteiger partial charge is 0.191 e. The molecule has 0 spiro atoms. The highest BCUT2D eigenvalue weighted by Gasteiger charge is 2.20. The summed E-state index contributed by atoms with van der Waals surface area (Å²) in [6, 6.07) is 18.6. The van der Waals surface area contributed by atoms with E-state index in [1.807, 2.05) is 24.3 Å². The Kier molecular flexibility index (Phi) is 6.12. The number of para-hydroxylation sites is 2. The number of imidazole rings is 1. The van der Waals surface area contributed by atoms with E-state index in [0.717, 1.165) is 48.9 Å². The Morgan fingerprint density at radius 2 is 1.78 bits per heavy atom. The third-order valence-corrected chi connectivity index (χ3v) is 4.62. The second kappa shape index (κ2) is 8.71. The van der Waals surface area contributed by atoms with E-state index < -0.39 is 0 Å². The molecule has 5 nitrogen and oxygen atoms in total. The summed E-state index contributed by atoms with van der Waals surface area (Å²) in [5.41, 5.74) is 3.38. The number of aliphatic imine (C=N–C) groups is 1. The number of guanidine groups is 1. The quantitative estimate of drug-likeness (QED) is 0.443. The van der Waals surface area contributed by atoms with Crippen molar-refractivity contribution < 1.29 is 0 Å². The van der Waals surface area contributed by atoms with E-state index in [4.69, 9.17) is 4.99 Å². The summed E-state index contributed by atoms with van der Waals surface area (Å²) >= 11 is 0. The Bertz CT molecular complexity index is 847. The zero-order valence-electron chi connectivity index (χ0n) is 16.4. The van der Waals surface area contributed by atoms with Gasteiger partial charge in [0, 0.05) is 24.9 Å². The van der Waals surface area contributed by atoms with Crippen LogP contribution >= 0.6 is 0 Å². The molecule has 3 rings (SSSR count). The zero-order chi connectivity index (χ0) is 19.1. The highest BCUT2D eigenvalue weighted by molar-refractivity contribution is 5.80. The van der Waals surface area contributed by atoms with Gasteiger partial charge in [0.15, 0.2) is 5.96 Å². The molecule has 0 radical (unpaired) electrons. The lowest BCUT2D eigenvalue weighted by Gasteiger charge is -2.23. The maximum absolute atomic E-state index is 4.80. The van der Waals surface area contributed by atoms with Gasteiger partial charge >= 0.3 is 0 Å². The van der Waals surface area contributed by atoms with Crippen LogP contribution in [-0.2, 0) is 11.8 Å². The normalized spacial score (nSPS) is 12.3. The number of aromatic amines is 1. The van der Waals surface area contributed by atoms with Crippen molar-refractivity contribution in [2.75, 3.05) is 19.6 Å². The molecule has 27 heavy (non-hydrogen) atoms. The summed E-state index contributed by atoms with van der Waals surface area (Å²) < 4.78 is 0. The van der Waals surface area contributed by atoms with Crippen molar-refractivity contribution in [1.29, 1.82) is 0 Å². The summed E-state index contributed by atoms with van der Waals surface area (Å²) in [5, 5.41) is 6.74. The van der Waals surface area contributed by atoms with E-state index >= 15 is 0 Å². The van der Waals surface area contributed by atoms with Crippen LogP contribution in [0.15, 0.2) is 59.6 Å². The van der Waals surface area contributed by atoms with E-state index in [9.17, 15) is 0 Å². The lowest BCUT2D eigenvalue weighted by molar-refractivity contribution is 0.537. The molecule has 0 bridgehead atoms. The van der Waals surface area contributed by atoms with E-state index in [0.29, 0.717) is 0 Å². The van der Waals surface area contributed by atoms with Gasteiger partial charge in [-0.3, -0.25) is 4.99 Å². The van der Waals surface area contributed by atoms with Gasteiger partial charge in [-0.1, -0.05) is 56.3 Å². The second-order valence-electron chi connectivity index (χ2n) is 7.32. The molecule has 1 heterocycles. The Morgan fingerprint density at radius 1 is 1.04 bits per heavy atom. The lowest BCUT2D eigenvalue weighted by atomic mass is 9.85. The highest BCUT2D eigenvalue weighted by Crippen LogP contribution is 2.22. The third-order valence-electron chi connectivity index (χ3n) is 4.62. The monoisotopic (exact) mass is 363 g/mol. The van der Waals surface area contributed by atoms with Gasteiger partial charge in [0.25, 0.3) is 0 Å². The summed E-state index contributed by atoms with van der Waals surface area (Å²) in [7, 11) is 0. The topological polar surface area (TPSA) is 65.1 Å². The lowest BCUT2D eigenvalue weighted by Crippen LogP contribution is -2.39. The van der Waals surface area contributed by atoms with Crippen LogP contribution in [0.2, 0.25) is 0 Å². The second-order valence-corrected chi connectivity index (χ2v) is 7.32. The minimum atomic E-state index is -0.0116. The average molecular weight is 364 g/mol. The van der Waals surface area contributed by atoms with Gasteiger partial charge in [0.1, 0.15) is 5.82 Å². The maximum atomic E-state index is 4.80. The fourth-order valence-electron chi connectivity index (χ4n) is 3.02. The van der Waals surface area contributed by atoms with Gasteiger partial charge in [-0.25, -0.2) is 4.98 Å². The first-order chi connectivity index (χ1) is 13.1. The van der Waals surface area contributed by atoms with Crippen LogP contribution in [0.5, 0.6) is 0 Å². The number of H-pyrrole nitrogens is 1. The fraction of sp³-hybridized carbons (Fsp3) is 0.364. The summed E-state index contributed by atoms with van der Waals surface area (Å²) in [6.07, 6.45) is 0.821. The van der Waals surface area contributed by atoms with E-state index in [2.05, 4.69) is 71.7 Å². The first-order valence-corrected chi connectivity index (χ1v) is 9.60. The minimum Gasteiger partial charge on any atom is -0.357 e. The van der Waals surface area contributed by atoms with Crippen LogP contribution in [0.25, 0.3) is 11.0 Å². The van der Waals surface area contributed by atoms with Crippen molar-refractivity contribution in [2.24, 2.45) is 4.99 Å². The third kappa shape index (κ3) is 5.09. The van der Waals surface area contributed by atoms with Crippen molar-refractivity contribution in [3.05, 3.63) is 66.0 Å². The molecular weight excluding hydrogens is 334 g/mol. The molecule has 0 aliphatic rings. The van der Waals surface area contributed by atoms with Gasteiger partial charge < -0.3 is 15.6 Å². The molecule has 5 heteroatoms. The van der Waals surface area contributed by atoms with Crippen LogP contribution in [0, 0.1) is 0 Å². The zero-order valence-corrected chi connectivity index (χ0v) is 16.4. The fourth-order valence-corrected chi connectivity index (χ4v) is 3.02. The number of rotatable bonds is 7. The van der Waals surface area contributed by atoms with Crippen molar-refractivity contribution in [2.45, 2.75) is 32.6 Å². The Morgan fingerprint density at radius 3 is 2.52 bits per heavy atom. The molecule has 0 saturated carbocycles. The summed E-state index contributed by atoms with van der Waals surface area (Å²) in [4.78, 5) is 12.8. The Hall–Kier alpha value is -2.82. The Labute approximate surface area is 161 Å². The summed E-state index contributed by atoms with van der Waals surface area (Å²) in [6.45, 7) is 8.86. The average Bonchev–Trinajstić information content (AvgIpc) is 3.09. The first kappa shape index (κ1) is 19.0. The standard InChI is InChI=1S/C22H29N5/c1-4-23-21(25-16-22(2,3)17-10-6-5-7-11-17)24-15-14-20-26-18-12-8-9-13-19(18)27-20/h5-13H,4,14-16H2,1-3H3,(H,26,27)(H2,23,24,25). The molecule has 0 fully saturated rings. The van der Waals surface area contributed by atoms with Crippen LogP contribution in [0.3, 0.4) is 0 Å². The molecule has 0 aliphatic carbocycles. The van der Waals surface area contributed by atoms with Gasteiger partial charge in [-0.2, -0.15) is 0 Å².